The summed E-state index contributed by atoms with van der Waals surface area (Å²) in [4.78, 5) is 17.5. The Balaban J connectivity index is 3.23. The highest BCUT2D eigenvalue weighted by Crippen LogP contribution is 2.34. The summed E-state index contributed by atoms with van der Waals surface area (Å²) >= 11 is 3.07. The summed E-state index contributed by atoms with van der Waals surface area (Å²) in [5, 5.41) is -0.0384. The molecule has 0 saturated carbocycles. The summed E-state index contributed by atoms with van der Waals surface area (Å²) in [6.45, 7) is 0. The van der Waals surface area contributed by atoms with Crippen molar-refractivity contribution in [1.29, 1.82) is 0 Å². The summed E-state index contributed by atoms with van der Waals surface area (Å²) in [6.07, 6.45) is 0. The van der Waals surface area contributed by atoms with E-state index < -0.39 is 7.60 Å². The van der Waals surface area contributed by atoms with E-state index in [1.54, 1.807) is 0 Å². The second-order valence-electron chi connectivity index (χ2n) is 2.25. The molecular weight excluding hydrogens is 245 g/mol. The van der Waals surface area contributed by atoms with Gasteiger partial charge in [0.05, 0.1) is 5.30 Å². The lowest BCUT2D eigenvalue weighted by atomic mass is 10.3. The smallest absolute Gasteiger partial charge is 0.356 e. The fourth-order valence-corrected chi connectivity index (χ4v) is 1.82. The third kappa shape index (κ3) is 2.08. The molecule has 0 aliphatic carbocycles. The summed E-state index contributed by atoms with van der Waals surface area (Å²) in [7, 11) is -4.15. The van der Waals surface area contributed by atoms with Crippen molar-refractivity contribution in [2.45, 2.75) is 0 Å². The number of nitrogen functional groups attached to an aromatic ring is 1. The molecule has 1 rings (SSSR count). The zero-order chi connectivity index (χ0) is 9.35. The van der Waals surface area contributed by atoms with E-state index in [1.165, 1.54) is 18.2 Å². The van der Waals surface area contributed by atoms with Crippen LogP contribution in [0.4, 0.5) is 5.69 Å². The standard InChI is InChI=1S/C6H7BrNO3P/c7-5-3-4(12(9,10)11)1-2-6(5)8/h1-3H,8H2,(H2,9,10,11). The van der Waals surface area contributed by atoms with Crippen molar-refractivity contribution in [2.24, 2.45) is 0 Å². The van der Waals surface area contributed by atoms with Crippen LogP contribution in [-0.2, 0) is 4.57 Å². The van der Waals surface area contributed by atoms with Gasteiger partial charge in [-0.05, 0) is 34.1 Å². The van der Waals surface area contributed by atoms with Gasteiger partial charge in [-0.3, -0.25) is 4.57 Å². The van der Waals surface area contributed by atoms with E-state index in [1.807, 2.05) is 0 Å². The van der Waals surface area contributed by atoms with Crippen molar-refractivity contribution in [2.75, 3.05) is 5.73 Å². The van der Waals surface area contributed by atoms with Crippen LogP contribution in [0.3, 0.4) is 0 Å². The van der Waals surface area contributed by atoms with Gasteiger partial charge in [0, 0.05) is 10.2 Å². The number of halogens is 1. The lowest BCUT2D eigenvalue weighted by Gasteiger charge is -2.04. The molecule has 0 radical (unpaired) electrons. The predicted octanol–water partition coefficient (Wildman–Crippen LogP) is 0.834. The molecule has 0 fully saturated rings. The molecule has 4 N–H and O–H groups in total. The fraction of sp³-hybridized carbons (Fsp3) is 0. The maximum atomic E-state index is 10.7. The molecule has 0 aliphatic heterocycles. The lowest BCUT2D eigenvalue weighted by Crippen LogP contribution is -2.04. The molecule has 66 valence electrons. The summed E-state index contributed by atoms with van der Waals surface area (Å²) in [5.74, 6) is 0. The van der Waals surface area contributed by atoms with Crippen LogP contribution in [0.15, 0.2) is 22.7 Å². The van der Waals surface area contributed by atoms with E-state index >= 15 is 0 Å². The Morgan fingerprint density at radius 2 is 2.00 bits per heavy atom. The molecular formula is C6H7BrNO3P. The average Bonchev–Trinajstić information content (AvgIpc) is 1.92. The molecule has 0 saturated heterocycles. The van der Waals surface area contributed by atoms with Gasteiger partial charge in [-0.25, -0.2) is 0 Å². The van der Waals surface area contributed by atoms with Gasteiger partial charge in [0.2, 0.25) is 0 Å². The normalized spacial score (nSPS) is 11.6. The third-order valence-corrected chi connectivity index (χ3v) is 2.96. The molecule has 0 aliphatic rings. The van der Waals surface area contributed by atoms with Gasteiger partial charge in [-0.1, -0.05) is 0 Å². The second-order valence-corrected chi connectivity index (χ2v) is 4.71. The molecule has 0 atom stereocenters. The average molecular weight is 252 g/mol. The van der Waals surface area contributed by atoms with Crippen LogP contribution in [0.2, 0.25) is 0 Å². The first-order valence-electron chi connectivity index (χ1n) is 3.02. The van der Waals surface area contributed by atoms with E-state index in [9.17, 15) is 4.57 Å². The van der Waals surface area contributed by atoms with E-state index in [0.29, 0.717) is 10.2 Å². The quantitative estimate of drug-likeness (QED) is 0.510. The fourth-order valence-electron chi connectivity index (χ4n) is 0.697. The van der Waals surface area contributed by atoms with E-state index in [0.717, 1.165) is 0 Å². The molecule has 0 heterocycles. The number of nitrogens with two attached hydrogens (primary N) is 1. The van der Waals surface area contributed by atoms with Crippen molar-refractivity contribution >= 4 is 34.5 Å². The van der Waals surface area contributed by atoms with Crippen molar-refractivity contribution in [3.05, 3.63) is 22.7 Å². The van der Waals surface area contributed by atoms with Crippen LogP contribution in [0.25, 0.3) is 0 Å². The van der Waals surface area contributed by atoms with Gasteiger partial charge in [-0.2, -0.15) is 0 Å². The molecule has 0 spiro atoms. The van der Waals surface area contributed by atoms with Crippen LogP contribution in [0.5, 0.6) is 0 Å². The Labute approximate surface area is 77.7 Å². The minimum atomic E-state index is -4.15. The number of hydrogen-bond donors (Lipinski definition) is 3. The topological polar surface area (TPSA) is 83.6 Å². The molecule has 6 heteroatoms. The minimum absolute atomic E-state index is 0.0384. The number of anilines is 1. The van der Waals surface area contributed by atoms with Crippen LogP contribution < -0.4 is 11.0 Å². The minimum Gasteiger partial charge on any atom is -0.398 e. The Morgan fingerprint density at radius 1 is 1.42 bits per heavy atom. The maximum absolute atomic E-state index is 10.7. The Bertz CT molecular complexity index is 349. The molecule has 0 bridgehead atoms. The number of rotatable bonds is 1. The Hall–Kier alpha value is -0.350. The van der Waals surface area contributed by atoms with Gasteiger partial charge in [0.1, 0.15) is 0 Å². The molecule has 0 amide bonds. The molecule has 0 unspecified atom stereocenters. The number of hydrogen-bond acceptors (Lipinski definition) is 2. The van der Waals surface area contributed by atoms with E-state index in [-0.39, 0.29) is 5.30 Å². The molecule has 0 aromatic heterocycles. The van der Waals surface area contributed by atoms with Crippen molar-refractivity contribution in [1.82, 2.24) is 0 Å². The van der Waals surface area contributed by atoms with Crippen LogP contribution >= 0.6 is 23.5 Å². The van der Waals surface area contributed by atoms with Crippen LogP contribution in [0.1, 0.15) is 0 Å². The molecule has 4 nitrogen and oxygen atoms in total. The van der Waals surface area contributed by atoms with Gasteiger partial charge in [-0.15, -0.1) is 0 Å². The second kappa shape index (κ2) is 3.18. The predicted molar refractivity (Wildman–Crippen MR) is 50.2 cm³/mol. The van der Waals surface area contributed by atoms with E-state index in [2.05, 4.69) is 15.9 Å². The monoisotopic (exact) mass is 251 g/mol. The van der Waals surface area contributed by atoms with Crippen LogP contribution in [-0.4, -0.2) is 9.79 Å². The largest absolute Gasteiger partial charge is 0.398 e. The lowest BCUT2D eigenvalue weighted by molar-refractivity contribution is 0.387. The molecule has 1 aromatic carbocycles. The highest BCUT2D eigenvalue weighted by molar-refractivity contribution is 9.10. The zero-order valence-electron chi connectivity index (χ0n) is 5.94. The highest BCUT2D eigenvalue weighted by Gasteiger charge is 2.17. The first-order valence-corrected chi connectivity index (χ1v) is 5.43. The van der Waals surface area contributed by atoms with Gasteiger partial charge < -0.3 is 15.5 Å². The Morgan fingerprint density at radius 3 is 2.42 bits per heavy atom. The first kappa shape index (κ1) is 9.74. The Kier molecular flexibility index (Phi) is 2.58. The van der Waals surface area contributed by atoms with Crippen LogP contribution in [0, 0.1) is 0 Å². The summed E-state index contributed by atoms with van der Waals surface area (Å²) < 4.78 is 11.2. The van der Waals surface area contributed by atoms with Gasteiger partial charge in [0.15, 0.2) is 0 Å². The highest BCUT2D eigenvalue weighted by atomic mass is 79.9. The maximum Gasteiger partial charge on any atom is 0.356 e. The SMILES string of the molecule is Nc1ccc(P(=O)(O)O)cc1Br. The first-order chi connectivity index (χ1) is 5.41. The third-order valence-electron chi connectivity index (χ3n) is 1.32. The summed E-state index contributed by atoms with van der Waals surface area (Å²) in [6, 6.07) is 4.06. The van der Waals surface area contributed by atoms with Crippen molar-refractivity contribution in [3.8, 4) is 0 Å². The zero-order valence-corrected chi connectivity index (χ0v) is 8.42. The summed E-state index contributed by atoms with van der Waals surface area (Å²) in [5.41, 5.74) is 5.88. The van der Waals surface area contributed by atoms with Crippen molar-refractivity contribution in [3.63, 3.8) is 0 Å². The van der Waals surface area contributed by atoms with Gasteiger partial charge >= 0.3 is 7.60 Å². The molecule has 1 aromatic rings. The van der Waals surface area contributed by atoms with E-state index in [4.69, 9.17) is 15.5 Å². The molecule has 12 heavy (non-hydrogen) atoms. The van der Waals surface area contributed by atoms with Gasteiger partial charge in [0.25, 0.3) is 0 Å². The number of benzene rings is 1. The van der Waals surface area contributed by atoms with Crippen molar-refractivity contribution < 1.29 is 14.4 Å².